The lowest BCUT2D eigenvalue weighted by Crippen LogP contribution is -2.34. The summed E-state index contributed by atoms with van der Waals surface area (Å²) in [4.78, 5) is 82.3. The molecule has 0 spiro atoms. The summed E-state index contributed by atoms with van der Waals surface area (Å²) >= 11 is 0. The van der Waals surface area contributed by atoms with Crippen LogP contribution in [0.3, 0.4) is 0 Å². The molecule has 0 saturated carbocycles. The Morgan fingerprint density at radius 2 is 0.938 bits per heavy atom. The van der Waals surface area contributed by atoms with Gasteiger partial charge in [0.15, 0.2) is 0 Å². The van der Waals surface area contributed by atoms with Gasteiger partial charge in [-0.25, -0.2) is 18.7 Å². The van der Waals surface area contributed by atoms with Gasteiger partial charge < -0.3 is 9.47 Å². The van der Waals surface area contributed by atoms with Crippen molar-refractivity contribution >= 4 is 57.6 Å². The molecule has 4 atom stereocenters. The zero-order chi connectivity index (χ0) is 33.4. The third kappa shape index (κ3) is 4.20. The van der Waals surface area contributed by atoms with Crippen molar-refractivity contribution in [3.8, 4) is 0 Å². The molecule has 2 aliphatic heterocycles. The molecular weight excluding hydrogens is 616 g/mol. The maximum atomic E-state index is 13.5. The number of aromatic nitrogens is 2. The van der Waals surface area contributed by atoms with Gasteiger partial charge in [-0.05, 0) is 48.9 Å². The number of amides is 4. The Morgan fingerprint density at radius 1 is 0.583 bits per heavy atom. The van der Waals surface area contributed by atoms with Gasteiger partial charge in [0.2, 0.25) is 23.6 Å². The maximum Gasteiger partial charge on any atom is 0.418 e. The van der Waals surface area contributed by atoms with E-state index in [1.165, 1.54) is 33.2 Å². The van der Waals surface area contributed by atoms with E-state index < -0.39 is 35.9 Å². The van der Waals surface area contributed by atoms with E-state index in [2.05, 4.69) is 0 Å². The van der Waals surface area contributed by atoms with Gasteiger partial charge in [-0.15, -0.1) is 0 Å². The average molecular weight is 651 g/mol. The highest BCUT2D eigenvalue weighted by atomic mass is 16.5. The average Bonchev–Trinajstić information content (AvgIpc) is 3.76. The number of hydrogen-bond donors (Lipinski definition) is 0. The lowest BCUT2D eigenvalue weighted by atomic mass is 9.79. The van der Waals surface area contributed by atoms with Gasteiger partial charge >= 0.3 is 12.2 Å². The molecule has 2 aromatic heterocycles. The van der Waals surface area contributed by atoms with E-state index in [4.69, 9.17) is 9.47 Å². The predicted octanol–water partition coefficient (Wildman–Crippen LogP) is 3.71. The molecule has 8 rings (SSSR count). The first-order valence-electron chi connectivity index (χ1n) is 16.3. The minimum atomic E-state index is -0.563. The Hall–Kier alpha value is -5.26. The van der Waals surface area contributed by atoms with Crippen LogP contribution in [0.2, 0.25) is 0 Å². The molecule has 0 N–H and O–H groups in total. The standard InChI is InChI=1S/C36H34N4O8/c1-47-35(45)39-27-11-5-3-9-19(27)21-15-23-25(17-29(21)39)33(43)37(31(23)41)13-7-8-14-38-32(42)24-16-22-20-10-4-6-12-28(20)40(36(46)48-2)30(22)18-26(24)34(38)44/h3-6,9-12,23-26H,7-8,13-18H2,1-2H3. The molecule has 4 aromatic rings. The van der Waals surface area contributed by atoms with E-state index in [0.717, 1.165) is 21.9 Å². The Bertz CT molecular complexity index is 1940. The quantitative estimate of drug-likeness (QED) is 0.236. The molecule has 2 saturated heterocycles. The highest BCUT2D eigenvalue weighted by molar-refractivity contribution is 6.07. The molecule has 48 heavy (non-hydrogen) atoms. The molecule has 4 heterocycles. The van der Waals surface area contributed by atoms with Crippen molar-refractivity contribution in [3.05, 3.63) is 71.0 Å². The monoisotopic (exact) mass is 650 g/mol. The number of rotatable bonds is 5. The minimum absolute atomic E-state index is 0.191. The first-order valence-corrected chi connectivity index (χ1v) is 16.3. The molecule has 2 aromatic carbocycles. The van der Waals surface area contributed by atoms with Crippen LogP contribution in [0.1, 0.15) is 35.4 Å². The molecule has 0 radical (unpaired) electrons. The molecule has 2 fully saturated rings. The molecule has 12 nitrogen and oxygen atoms in total. The van der Waals surface area contributed by atoms with Crippen molar-refractivity contribution < 1.29 is 38.2 Å². The van der Waals surface area contributed by atoms with Crippen LogP contribution in [-0.4, -0.2) is 82.1 Å². The van der Waals surface area contributed by atoms with Gasteiger partial charge in [-0.3, -0.25) is 29.0 Å². The number of unbranched alkanes of at least 4 members (excludes halogenated alkanes) is 1. The third-order valence-corrected chi connectivity index (χ3v) is 10.9. The van der Waals surface area contributed by atoms with E-state index in [1.54, 1.807) is 0 Å². The summed E-state index contributed by atoms with van der Waals surface area (Å²) in [6, 6.07) is 14.9. The van der Waals surface area contributed by atoms with Crippen molar-refractivity contribution in [2.24, 2.45) is 23.7 Å². The van der Waals surface area contributed by atoms with E-state index in [0.29, 0.717) is 48.1 Å². The number of benzene rings is 2. The van der Waals surface area contributed by atoms with Crippen molar-refractivity contribution in [1.29, 1.82) is 0 Å². The summed E-state index contributed by atoms with van der Waals surface area (Å²) in [6.45, 7) is 0.382. The van der Waals surface area contributed by atoms with Crippen LogP contribution in [0, 0.1) is 23.7 Å². The Kier molecular flexibility index (Phi) is 7.01. The van der Waals surface area contributed by atoms with E-state index in [-0.39, 0.29) is 49.6 Å². The first-order chi connectivity index (χ1) is 23.2. The highest BCUT2D eigenvalue weighted by Crippen LogP contribution is 2.43. The van der Waals surface area contributed by atoms with Crippen LogP contribution >= 0.6 is 0 Å². The van der Waals surface area contributed by atoms with Crippen molar-refractivity contribution in [2.75, 3.05) is 27.3 Å². The summed E-state index contributed by atoms with van der Waals surface area (Å²) in [5.41, 5.74) is 4.60. The summed E-state index contributed by atoms with van der Waals surface area (Å²) in [6.07, 6.45) is 1.06. The Balaban J connectivity index is 0.937. The van der Waals surface area contributed by atoms with Crippen LogP contribution in [-0.2, 0) is 54.3 Å². The van der Waals surface area contributed by atoms with Gasteiger partial charge in [0.05, 0.1) is 48.9 Å². The van der Waals surface area contributed by atoms with E-state index in [9.17, 15) is 28.8 Å². The second-order valence-corrected chi connectivity index (χ2v) is 13.1. The summed E-state index contributed by atoms with van der Waals surface area (Å²) in [5.74, 6) is -3.09. The van der Waals surface area contributed by atoms with Crippen molar-refractivity contribution in [1.82, 2.24) is 18.9 Å². The normalized spacial score (nSPS) is 23.0. The predicted molar refractivity (Wildman–Crippen MR) is 171 cm³/mol. The van der Waals surface area contributed by atoms with Crippen LogP contribution in [0.5, 0.6) is 0 Å². The van der Waals surface area contributed by atoms with Gasteiger partial charge in [0.1, 0.15) is 0 Å². The van der Waals surface area contributed by atoms with Gasteiger partial charge in [-0.1, -0.05) is 36.4 Å². The lowest BCUT2D eigenvalue weighted by molar-refractivity contribution is -0.142. The lowest BCUT2D eigenvalue weighted by Gasteiger charge is -2.23. The molecule has 2 aliphatic carbocycles. The summed E-state index contributed by atoms with van der Waals surface area (Å²) in [5, 5.41) is 1.75. The molecular formula is C36H34N4O8. The fourth-order valence-electron chi connectivity index (χ4n) is 8.67. The number of carbonyl (C=O) groups excluding carboxylic acids is 6. The molecule has 4 unspecified atom stereocenters. The number of imide groups is 2. The third-order valence-electron chi connectivity index (χ3n) is 10.9. The zero-order valence-corrected chi connectivity index (χ0v) is 26.6. The Labute approximate surface area is 275 Å². The van der Waals surface area contributed by atoms with Gasteiger partial charge in [-0.2, -0.15) is 0 Å². The molecule has 12 heteroatoms. The van der Waals surface area contributed by atoms with Crippen molar-refractivity contribution in [2.45, 2.75) is 38.5 Å². The smallest absolute Gasteiger partial charge is 0.418 e. The summed E-state index contributed by atoms with van der Waals surface area (Å²) < 4.78 is 13.1. The summed E-state index contributed by atoms with van der Waals surface area (Å²) in [7, 11) is 2.64. The molecule has 4 amide bonds. The zero-order valence-electron chi connectivity index (χ0n) is 26.6. The van der Waals surface area contributed by atoms with Gasteiger partial charge in [0, 0.05) is 48.1 Å². The molecule has 0 bridgehead atoms. The van der Waals surface area contributed by atoms with E-state index >= 15 is 0 Å². The van der Waals surface area contributed by atoms with Crippen molar-refractivity contribution in [3.63, 3.8) is 0 Å². The van der Waals surface area contributed by atoms with E-state index in [1.807, 2.05) is 48.5 Å². The number of hydrogen-bond acceptors (Lipinski definition) is 8. The second kappa shape index (κ2) is 11.2. The number of carbonyl (C=O) groups is 6. The number of para-hydroxylation sites is 2. The highest BCUT2D eigenvalue weighted by Gasteiger charge is 2.52. The molecule has 4 aliphatic rings. The van der Waals surface area contributed by atoms with Gasteiger partial charge in [0.25, 0.3) is 0 Å². The first kappa shape index (κ1) is 30.1. The largest absolute Gasteiger partial charge is 0.452 e. The molecule has 246 valence electrons. The number of nitrogens with zero attached hydrogens (tertiary/aromatic N) is 4. The second-order valence-electron chi connectivity index (χ2n) is 13.1. The topological polar surface area (TPSA) is 137 Å². The van der Waals surface area contributed by atoms with Crippen LogP contribution in [0.4, 0.5) is 9.59 Å². The fraction of sp³-hybridized carbons (Fsp3) is 0.389. The number of methoxy groups -OCH3 is 2. The SMILES string of the molecule is COC(=O)n1c2c(c3ccccc31)CC1C(=O)N(CCCCN3C(=O)C4Cc5c(n(C(=O)OC)c6ccccc56)CC4C3=O)C(=O)C1C2. The van der Waals surface area contributed by atoms with Crippen LogP contribution < -0.4 is 0 Å². The minimum Gasteiger partial charge on any atom is -0.452 e. The number of ether oxygens (including phenoxy) is 2. The van der Waals surface area contributed by atoms with Crippen LogP contribution in [0.15, 0.2) is 48.5 Å². The van der Waals surface area contributed by atoms with Crippen LogP contribution in [0.25, 0.3) is 21.8 Å². The Morgan fingerprint density at radius 3 is 1.31 bits per heavy atom. The number of fused-ring (bicyclic) bond motifs is 8. The fourth-order valence-corrected chi connectivity index (χ4v) is 8.67. The number of likely N-dealkylation sites (tertiary alicyclic amines) is 2. The maximum absolute atomic E-state index is 13.5.